The highest BCUT2D eigenvalue weighted by atomic mass is 16.2. The second kappa shape index (κ2) is 6.39. The Morgan fingerprint density at radius 3 is 2.21 bits per heavy atom. The second-order valence-corrected chi connectivity index (χ2v) is 3.88. The minimum Gasteiger partial charge on any atom is -0.374 e. The van der Waals surface area contributed by atoms with Gasteiger partial charge in [0, 0.05) is 18.3 Å². The molecular formula is C12H16N4O3. The van der Waals surface area contributed by atoms with Crippen molar-refractivity contribution in [3.05, 3.63) is 29.8 Å². The smallest absolute Gasteiger partial charge is 0.321 e. The second-order valence-electron chi connectivity index (χ2n) is 3.88. The molecule has 7 nitrogen and oxygen atoms in total. The molecule has 0 fully saturated rings. The molecule has 0 bridgehead atoms. The van der Waals surface area contributed by atoms with E-state index in [1.807, 2.05) is 0 Å². The fraction of sp³-hybridized carbons (Fsp3) is 0.250. The molecule has 102 valence electrons. The van der Waals surface area contributed by atoms with Crippen LogP contribution < -0.4 is 21.7 Å². The molecule has 0 radical (unpaired) electrons. The molecule has 5 N–H and O–H groups in total. The number of rotatable bonds is 4. The minimum absolute atomic E-state index is 0.382. The van der Waals surface area contributed by atoms with Gasteiger partial charge in [-0.1, -0.05) is 0 Å². The Morgan fingerprint density at radius 2 is 1.74 bits per heavy atom. The lowest BCUT2D eigenvalue weighted by molar-refractivity contribution is -0.120. The van der Waals surface area contributed by atoms with E-state index < -0.39 is 23.9 Å². The highest BCUT2D eigenvalue weighted by Crippen LogP contribution is 2.10. The van der Waals surface area contributed by atoms with Crippen molar-refractivity contribution in [2.24, 2.45) is 5.73 Å². The molecule has 0 saturated heterocycles. The molecule has 1 atom stereocenters. The summed E-state index contributed by atoms with van der Waals surface area (Å²) in [5.74, 6) is -0.977. The highest BCUT2D eigenvalue weighted by molar-refractivity contribution is 5.98. The van der Waals surface area contributed by atoms with Gasteiger partial charge in [0.1, 0.15) is 6.04 Å². The Kier molecular flexibility index (Phi) is 4.87. The van der Waals surface area contributed by atoms with E-state index in [1.165, 1.54) is 7.05 Å². The van der Waals surface area contributed by atoms with Crippen LogP contribution in [0.2, 0.25) is 0 Å². The minimum atomic E-state index is -0.600. The Balaban J connectivity index is 2.61. The molecule has 0 aliphatic rings. The number of primary amides is 1. The van der Waals surface area contributed by atoms with E-state index in [4.69, 9.17) is 5.73 Å². The van der Waals surface area contributed by atoms with Crippen molar-refractivity contribution in [2.75, 3.05) is 12.4 Å². The van der Waals surface area contributed by atoms with Crippen LogP contribution in [0.4, 0.5) is 10.5 Å². The Bertz CT molecular complexity index is 484. The van der Waals surface area contributed by atoms with Gasteiger partial charge in [0.2, 0.25) is 11.8 Å². The molecule has 0 spiro atoms. The van der Waals surface area contributed by atoms with Gasteiger partial charge < -0.3 is 16.4 Å². The number of hydrogen-bond acceptors (Lipinski definition) is 4. The Labute approximate surface area is 110 Å². The van der Waals surface area contributed by atoms with Crippen molar-refractivity contribution >= 4 is 23.5 Å². The molecule has 1 rings (SSSR count). The van der Waals surface area contributed by atoms with E-state index in [-0.39, 0.29) is 0 Å². The monoisotopic (exact) mass is 264 g/mol. The van der Waals surface area contributed by atoms with Gasteiger partial charge >= 0.3 is 6.03 Å². The number of nitrogens with two attached hydrogens (primary N) is 1. The van der Waals surface area contributed by atoms with E-state index in [9.17, 15) is 14.4 Å². The van der Waals surface area contributed by atoms with Crippen molar-refractivity contribution in [1.82, 2.24) is 10.6 Å². The number of carbonyl (C=O) groups excluding carboxylic acids is 3. The van der Waals surface area contributed by atoms with Gasteiger partial charge in [-0.05, 0) is 31.2 Å². The summed E-state index contributed by atoms with van der Waals surface area (Å²) in [5.41, 5.74) is 6.14. The van der Waals surface area contributed by atoms with Crippen LogP contribution in [0.3, 0.4) is 0 Å². The molecule has 1 aromatic carbocycles. The molecule has 7 heteroatoms. The van der Waals surface area contributed by atoms with Gasteiger partial charge in [-0.25, -0.2) is 4.79 Å². The van der Waals surface area contributed by atoms with Crippen molar-refractivity contribution in [3.8, 4) is 0 Å². The zero-order chi connectivity index (χ0) is 14.4. The van der Waals surface area contributed by atoms with Gasteiger partial charge in [-0.2, -0.15) is 0 Å². The van der Waals surface area contributed by atoms with Gasteiger partial charge in [0.15, 0.2) is 0 Å². The summed E-state index contributed by atoms with van der Waals surface area (Å²) in [5, 5.41) is 7.33. The molecule has 0 saturated carbocycles. The molecule has 0 aromatic heterocycles. The molecule has 0 aliphatic carbocycles. The third-order valence-electron chi connectivity index (χ3n) is 2.41. The van der Waals surface area contributed by atoms with E-state index in [1.54, 1.807) is 31.2 Å². The van der Waals surface area contributed by atoms with Crippen LogP contribution in [-0.2, 0) is 4.79 Å². The third kappa shape index (κ3) is 4.30. The van der Waals surface area contributed by atoms with Crippen LogP contribution in [0, 0.1) is 0 Å². The van der Waals surface area contributed by atoms with Gasteiger partial charge in [-0.15, -0.1) is 0 Å². The quantitative estimate of drug-likeness (QED) is 0.615. The van der Waals surface area contributed by atoms with E-state index in [0.29, 0.717) is 11.3 Å². The first-order valence-electron chi connectivity index (χ1n) is 5.63. The SMILES string of the molecule is CNC(=O)NC(=O)[C@@H](C)Nc1ccc(C(N)=O)cc1. The fourth-order valence-corrected chi connectivity index (χ4v) is 1.33. The number of nitrogens with one attached hydrogen (secondary N) is 3. The van der Waals surface area contributed by atoms with Crippen LogP contribution in [0.1, 0.15) is 17.3 Å². The first-order chi connectivity index (χ1) is 8.93. The lowest BCUT2D eigenvalue weighted by atomic mass is 10.2. The highest BCUT2D eigenvalue weighted by Gasteiger charge is 2.14. The number of anilines is 1. The van der Waals surface area contributed by atoms with Crippen molar-refractivity contribution in [2.45, 2.75) is 13.0 Å². The summed E-state index contributed by atoms with van der Waals surface area (Å²) in [7, 11) is 1.42. The first kappa shape index (κ1) is 14.5. The fourth-order valence-electron chi connectivity index (χ4n) is 1.33. The lowest BCUT2D eigenvalue weighted by Crippen LogP contribution is -2.44. The molecule has 4 amide bonds. The summed E-state index contributed by atoms with van der Waals surface area (Å²) in [4.78, 5) is 33.5. The summed E-state index contributed by atoms with van der Waals surface area (Å²) in [6.07, 6.45) is 0. The van der Waals surface area contributed by atoms with Gasteiger partial charge in [-0.3, -0.25) is 14.9 Å². The van der Waals surface area contributed by atoms with E-state index in [2.05, 4.69) is 16.0 Å². The van der Waals surface area contributed by atoms with E-state index >= 15 is 0 Å². The summed E-state index contributed by atoms with van der Waals surface area (Å²) in [6.45, 7) is 1.61. The molecule has 1 aromatic rings. The maximum Gasteiger partial charge on any atom is 0.321 e. The topological polar surface area (TPSA) is 113 Å². The summed E-state index contributed by atoms with van der Waals surface area (Å²) in [6, 6.07) is 5.19. The van der Waals surface area contributed by atoms with Crippen LogP contribution in [0.25, 0.3) is 0 Å². The zero-order valence-electron chi connectivity index (χ0n) is 10.7. The van der Waals surface area contributed by atoms with Crippen molar-refractivity contribution in [1.29, 1.82) is 0 Å². The van der Waals surface area contributed by atoms with Gasteiger partial charge in [0.05, 0.1) is 0 Å². The number of amides is 4. The first-order valence-corrected chi connectivity index (χ1v) is 5.63. The number of imide groups is 1. The molecule has 0 heterocycles. The largest absolute Gasteiger partial charge is 0.374 e. The number of benzene rings is 1. The van der Waals surface area contributed by atoms with Gasteiger partial charge in [0.25, 0.3) is 0 Å². The van der Waals surface area contributed by atoms with Crippen LogP contribution in [-0.4, -0.2) is 30.9 Å². The summed E-state index contributed by atoms with van der Waals surface area (Å²) < 4.78 is 0. The van der Waals surface area contributed by atoms with Crippen molar-refractivity contribution in [3.63, 3.8) is 0 Å². The van der Waals surface area contributed by atoms with E-state index in [0.717, 1.165) is 0 Å². The predicted molar refractivity (Wildman–Crippen MR) is 70.6 cm³/mol. The summed E-state index contributed by atoms with van der Waals surface area (Å²) >= 11 is 0. The number of hydrogen-bond donors (Lipinski definition) is 4. The maximum absolute atomic E-state index is 11.6. The van der Waals surface area contributed by atoms with Crippen LogP contribution >= 0.6 is 0 Å². The third-order valence-corrected chi connectivity index (χ3v) is 2.41. The average Bonchev–Trinajstić information content (AvgIpc) is 2.38. The lowest BCUT2D eigenvalue weighted by Gasteiger charge is -2.14. The average molecular weight is 264 g/mol. The molecule has 19 heavy (non-hydrogen) atoms. The zero-order valence-corrected chi connectivity index (χ0v) is 10.7. The Hall–Kier alpha value is -2.57. The normalized spacial score (nSPS) is 11.3. The number of carbonyl (C=O) groups is 3. The standard InChI is InChI=1S/C12H16N4O3/c1-7(11(18)16-12(19)14-2)15-9-5-3-8(4-6-9)10(13)17/h3-7,15H,1-2H3,(H2,13,17)(H2,14,16,18,19)/t7-/m1/s1. The predicted octanol–water partition coefficient (Wildman–Crippen LogP) is 0.0415. The molecule has 0 aliphatic heterocycles. The molecular weight excluding hydrogens is 248 g/mol. The van der Waals surface area contributed by atoms with Crippen LogP contribution in [0.15, 0.2) is 24.3 Å². The maximum atomic E-state index is 11.6. The molecule has 0 unspecified atom stereocenters. The number of urea groups is 1. The Morgan fingerprint density at radius 1 is 1.16 bits per heavy atom. The van der Waals surface area contributed by atoms with Crippen molar-refractivity contribution < 1.29 is 14.4 Å². The van der Waals surface area contributed by atoms with Crippen LogP contribution in [0.5, 0.6) is 0 Å².